The third-order valence-corrected chi connectivity index (χ3v) is 6.81. The van der Waals surface area contributed by atoms with Crippen LogP contribution in [0.1, 0.15) is 40.4 Å². The normalized spacial score (nSPS) is 17.7. The fraction of sp³-hybridized carbons (Fsp3) is 0.192. The van der Waals surface area contributed by atoms with E-state index in [0.717, 1.165) is 28.3 Å². The van der Waals surface area contributed by atoms with Crippen LogP contribution in [0, 0.1) is 13.8 Å². The number of nitrogens with zero attached hydrogens (tertiary/aromatic N) is 4. The Kier molecular flexibility index (Phi) is 5.98. The lowest BCUT2D eigenvalue weighted by Crippen LogP contribution is -2.29. The quantitative estimate of drug-likeness (QED) is 0.365. The molecule has 2 atom stereocenters. The molecule has 172 valence electrons. The van der Waals surface area contributed by atoms with Crippen molar-refractivity contribution in [3.05, 3.63) is 106 Å². The SMILES string of the molecule is Cc1cc([C@@H]2[C@H](c3ccccn3)NC(=S)N2Cc2ccccn2)c(C)n1-c1cc(Cl)ccc1O. The average molecular weight is 490 g/mol. The Bertz CT molecular complexity index is 1340. The van der Waals surface area contributed by atoms with Gasteiger partial charge in [0, 0.05) is 28.8 Å². The zero-order valence-electron chi connectivity index (χ0n) is 18.8. The molecule has 0 aliphatic carbocycles. The lowest BCUT2D eigenvalue weighted by Gasteiger charge is -2.28. The van der Waals surface area contributed by atoms with E-state index in [1.807, 2.05) is 47.9 Å². The van der Waals surface area contributed by atoms with E-state index in [0.29, 0.717) is 22.4 Å². The van der Waals surface area contributed by atoms with E-state index in [9.17, 15) is 5.11 Å². The van der Waals surface area contributed by atoms with Crippen LogP contribution in [-0.4, -0.2) is 29.7 Å². The second-order valence-electron chi connectivity index (χ2n) is 8.37. The van der Waals surface area contributed by atoms with Gasteiger partial charge in [-0.05, 0) is 80.2 Å². The smallest absolute Gasteiger partial charge is 0.170 e. The molecule has 0 radical (unpaired) electrons. The highest BCUT2D eigenvalue weighted by Gasteiger charge is 2.41. The minimum Gasteiger partial charge on any atom is -0.506 e. The van der Waals surface area contributed by atoms with E-state index in [1.165, 1.54) is 0 Å². The number of pyridine rings is 2. The maximum absolute atomic E-state index is 10.6. The second-order valence-corrected chi connectivity index (χ2v) is 9.19. The summed E-state index contributed by atoms with van der Waals surface area (Å²) in [4.78, 5) is 11.3. The number of hydrogen-bond donors (Lipinski definition) is 2. The Balaban J connectivity index is 1.64. The highest BCUT2D eigenvalue weighted by Crippen LogP contribution is 2.42. The molecule has 1 aromatic carbocycles. The van der Waals surface area contributed by atoms with Crippen molar-refractivity contribution in [2.75, 3.05) is 0 Å². The van der Waals surface area contributed by atoms with Gasteiger partial charge in [0.15, 0.2) is 5.11 Å². The van der Waals surface area contributed by atoms with Crippen LogP contribution in [0.2, 0.25) is 5.02 Å². The number of aromatic hydroxyl groups is 1. The Morgan fingerprint density at radius 1 is 1.03 bits per heavy atom. The lowest BCUT2D eigenvalue weighted by atomic mass is 9.96. The van der Waals surface area contributed by atoms with Gasteiger partial charge in [-0.2, -0.15) is 0 Å². The van der Waals surface area contributed by atoms with Crippen LogP contribution in [0.5, 0.6) is 5.75 Å². The van der Waals surface area contributed by atoms with Gasteiger partial charge in [0.05, 0.1) is 35.7 Å². The van der Waals surface area contributed by atoms with Crippen LogP contribution < -0.4 is 5.32 Å². The van der Waals surface area contributed by atoms with Crippen LogP contribution >= 0.6 is 23.8 Å². The molecular weight excluding hydrogens is 466 g/mol. The highest BCUT2D eigenvalue weighted by molar-refractivity contribution is 7.80. The number of thiocarbonyl (C=S) groups is 1. The Hall–Kier alpha value is -3.42. The predicted octanol–water partition coefficient (Wildman–Crippen LogP) is 5.42. The lowest BCUT2D eigenvalue weighted by molar-refractivity contribution is 0.307. The van der Waals surface area contributed by atoms with Crippen molar-refractivity contribution in [2.24, 2.45) is 0 Å². The van der Waals surface area contributed by atoms with Crippen molar-refractivity contribution in [1.82, 2.24) is 24.8 Å². The van der Waals surface area contributed by atoms with E-state index < -0.39 is 0 Å². The van der Waals surface area contributed by atoms with Gasteiger partial charge >= 0.3 is 0 Å². The molecule has 8 heteroatoms. The first kappa shape index (κ1) is 22.4. The maximum atomic E-state index is 10.6. The van der Waals surface area contributed by atoms with Gasteiger partial charge in [0.2, 0.25) is 0 Å². The number of nitrogens with one attached hydrogen (secondary N) is 1. The van der Waals surface area contributed by atoms with Gasteiger partial charge in [-0.25, -0.2) is 0 Å². The molecule has 1 aliphatic rings. The third kappa shape index (κ3) is 4.02. The van der Waals surface area contributed by atoms with Crippen LogP contribution in [0.4, 0.5) is 0 Å². The van der Waals surface area contributed by atoms with Crippen molar-refractivity contribution < 1.29 is 5.11 Å². The molecule has 4 heterocycles. The van der Waals surface area contributed by atoms with E-state index in [1.54, 1.807) is 30.6 Å². The third-order valence-electron chi connectivity index (χ3n) is 6.22. The molecule has 1 saturated heterocycles. The summed E-state index contributed by atoms with van der Waals surface area (Å²) in [5.41, 5.74) is 5.57. The minimum absolute atomic E-state index is 0.120. The van der Waals surface area contributed by atoms with Crippen molar-refractivity contribution in [2.45, 2.75) is 32.5 Å². The summed E-state index contributed by atoms with van der Waals surface area (Å²) in [5.74, 6) is 0.171. The summed E-state index contributed by atoms with van der Waals surface area (Å²) in [6.45, 7) is 4.64. The number of rotatable bonds is 5. The van der Waals surface area contributed by atoms with Crippen molar-refractivity contribution >= 4 is 28.9 Å². The molecule has 1 aliphatic heterocycles. The zero-order chi connectivity index (χ0) is 23.8. The maximum Gasteiger partial charge on any atom is 0.170 e. The van der Waals surface area contributed by atoms with Crippen LogP contribution in [-0.2, 0) is 6.54 Å². The van der Waals surface area contributed by atoms with E-state index >= 15 is 0 Å². The molecule has 4 aromatic rings. The van der Waals surface area contributed by atoms with Crippen molar-refractivity contribution in [3.63, 3.8) is 0 Å². The highest BCUT2D eigenvalue weighted by atomic mass is 35.5. The summed E-state index contributed by atoms with van der Waals surface area (Å²) in [6, 6.07) is 18.8. The first-order valence-electron chi connectivity index (χ1n) is 11.0. The molecule has 0 bridgehead atoms. The number of hydrogen-bond acceptors (Lipinski definition) is 4. The van der Waals surface area contributed by atoms with Gasteiger partial charge in [0.1, 0.15) is 5.75 Å². The first-order valence-corrected chi connectivity index (χ1v) is 11.8. The summed E-state index contributed by atoms with van der Waals surface area (Å²) in [5, 5.41) is 15.3. The monoisotopic (exact) mass is 489 g/mol. The predicted molar refractivity (Wildman–Crippen MR) is 137 cm³/mol. The van der Waals surface area contributed by atoms with Crippen LogP contribution in [0.15, 0.2) is 73.1 Å². The summed E-state index contributed by atoms with van der Waals surface area (Å²) >= 11 is 12.1. The largest absolute Gasteiger partial charge is 0.506 e. The van der Waals surface area contributed by atoms with Gasteiger partial charge in [-0.3, -0.25) is 9.97 Å². The number of halogens is 1. The number of benzene rings is 1. The second kappa shape index (κ2) is 9.08. The molecule has 0 saturated carbocycles. The number of aryl methyl sites for hydroxylation is 1. The average Bonchev–Trinajstić information content (AvgIpc) is 3.31. The van der Waals surface area contributed by atoms with Gasteiger partial charge in [-0.15, -0.1) is 0 Å². The number of phenols is 1. The molecular formula is C26H24ClN5OS. The summed E-state index contributed by atoms with van der Waals surface area (Å²) in [6.07, 6.45) is 3.59. The topological polar surface area (TPSA) is 66.2 Å². The molecule has 6 nitrogen and oxygen atoms in total. The Labute approximate surface area is 208 Å². The summed E-state index contributed by atoms with van der Waals surface area (Å²) in [7, 11) is 0. The van der Waals surface area contributed by atoms with Crippen molar-refractivity contribution in [1.29, 1.82) is 0 Å². The Morgan fingerprint density at radius 2 is 1.79 bits per heavy atom. The zero-order valence-corrected chi connectivity index (χ0v) is 20.4. The molecule has 5 rings (SSSR count). The van der Waals surface area contributed by atoms with Crippen LogP contribution in [0.3, 0.4) is 0 Å². The molecule has 3 aromatic heterocycles. The minimum atomic E-state index is -0.140. The first-order chi connectivity index (χ1) is 16.4. The van der Waals surface area contributed by atoms with Crippen LogP contribution in [0.25, 0.3) is 5.69 Å². The number of phenolic OH excluding ortho intramolecular Hbond substituents is 1. The molecule has 2 N–H and O–H groups in total. The summed E-state index contributed by atoms with van der Waals surface area (Å²) < 4.78 is 2.03. The van der Waals surface area contributed by atoms with E-state index in [-0.39, 0.29) is 17.8 Å². The molecule has 0 unspecified atom stereocenters. The van der Waals surface area contributed by atoms with Gasteiger partial charge in [-0.1, -0.05) is 23.7 Å². The van der Waals surface area contributed by atoms with E-state index in [4.69, 9.17) is 23.8 Å². The molecule has 34 heavy (non-hydrogen) atoms. The molecule has 0 spiro atoms. The molecule has 0 amide bonds. The van der Waals surface area contributed by atoms with Crippen molar-refractivity contribution in [3.8, 4) is 11.4 Å². The standard InChI is InChI=1S/C26H24ClN5OS/c1-16-13-20(17(2)32(16)22-14-18(27)9-10-23(22)33)25-24(21-8-4-6-12-29-21)30-26(34)31(25)15-19-7-3-5-11-28-19/h3-14,24-25,33H,15H2,1-2H3,(H,30,34)/t24-,25+/m0/s1. The fourth-order valence-electron chi connectivity index (χ4n) is 4.71. The van der Waals surface area contributed by atoms with Gasteiger partial charge in [0.25, 0.3) is 0 Å². The fourth-order valence-corrected chi connectivity index (χ4v) is 5.19. The van der Waals surface area contributed by atoms with Gasteiger partial charge < -0.3 is 19.9 Å². The Morgan fingerprint density at radius 3 is 2.50 bits per heavy atom. The molecule has 1 fully saturated rings. The van der Waals surface area contributed by atoms with E-state index in [2.05, 4.69) is 33.2 Å². The number of aromatic nitrogens is 3.